The quantitative estimate of drug-likeness (QED) is 0.731. The lowest BCUT2D eigenvalue weighted by molar-refractivity contribution is -0.0642. The lowest BCUT2D eigenvalue weighted by Gasteiger charge is -2.42. The number of nitrogens with one attached hydrogen (secondary N) is 2. The maximum atomic E-state index is 10.7. The van der Waals surface area contributed by atoms with Crippen molar-refractivity contribution in [1.29, 1.82) is 5.26 Å². The maximum absolute atomic E-state index is 10.7. The summed E-state index contributed by atoms with van der Waals surface area (Å²) in [5, 5.41) is 26.6. The Balaban J connectivity index is 1.72. The summed E-state index contributed by atoms with van der Waals surface area (Å²) in [6.07, 6.45) is -0.717. The van der Waals surface area contributed by atoms with Gasteiger partial charge in [0.2, 0.25) is 0 Å². The topological polar surface area (TPSA) is 77.3 Å². The first-order valence-electron chi connectivity index (χ1n) is 8.45. The van der Waals surface area contributed by atoms with E-state index in [1.54, 1.807) is 18.2 Å². The van der Waals surface area contributed by atoms with E-state index in [0.717, 1.165) is 17.8 Å². The smallest absolute Gasteiger partial charge is 0.131 e. The van der Waals surface area contributed by atoms with E-state index in [1.807, 2.05) is 44.2 Å². The molecule has 0 radical (unpaired) electrons. The fourth-order valence-electron chi connectivity index (χ4n) is 3.08. The zero-order valence-corrected chi connectivity index (χ0v) is 14.5. The Morgan fingerprint density at radius 2 is 1.92 bits per heavy atom. The van der Waals surface area contributed by atoms with E-state index in [1.165, 1.54) is 0 Å². The van der Waals surface area contributed by atoms with Crippen LogP contribution in [0.3, 0.4) is 0 Å². The number of aliphatic hydroxyl groups excluding tert-OH is 1. The highest BCUT2D eigenvalue weighted by Gasteiger charge is 2.42. The second-order valence-corrected chi connectivity index (χ2v) is 6.74. The highest BCUT2D eigenvalue weighted by Crippen LogP contribution is 2.40. The minimum absolute atomic E-state index is 0.287. The Hall–Kier alpha value is -2.55. The molecule has 2 aromatic rings. The molecule has 1 heterocycles. The van der Waals surface area contributed by atoms with Crippen molar-refractivity contribution < 1.29 is 9.84 Å². The molecule has 0 amide bonds. The van der Waals surface area contributed by atoms with Crippen molar-refractivity contribution in [1.82, 2.24) is 5.32 Å². The van der Waals surface area contributed by atoms with Crippen molar-refractivity contribution in [2.75, 3.05) is 18.4 Å². The molecule has 5 heteroatoms. The number of para-hydroxylation sites is 1. The second-order valence-electron chi connectivity index (χ2n) is 6.74. The van der Waals surface area contributed by atoms with Crippen LogP contribution in [0.25, 0.3) is 0 Å². The van der Waals surface area contributed by atoms with Gasteiger partial charge in [-0.1, -0.05) is 18.2 Å². The molecule has 1 aliphatic rings. The number of benzene rings is 2. The van der Waals surface area contributed by atoms with Gasteiger partial charge < -0.3 is 20.5 Å². The third-order valence-electron chi connectivity index (χ3n) is 4.47. The van der Waals surface area contributed by atoms with Crippen LogP contribution >= 0.6 is 0 Å². The standard InChI is InChI=1S/C20H23N3O2/c1-20(2)19(24)18(16-12-14(13-21)8-9-17(16)25-20)23-11-10-22-15-6-4-3-5-7-15/h3-9,12,18-19,22-24H,10-11H2,1-2H3/t18-,19+/m1/s1. The molecule has 0 unspecified atom stereocenters. The Morgan fingerprint density at radius 1 is 1.16 bits per heavy atom. The summed E-state index contributed by atoms with van der Waals surface area (Å²) in [5.41, 5.74) is 1.74. The van der Waals surface area contributed by atoms with Gasteiger partial charge in [-0.3, -0.25) is 0 Å². The maximum Gasteiger partial charge on any atom is 0.131 e. The number of ether oxygens (including phenoxy) is 1. The van der Waals surface area contributed by atoms with Gasteiger partial charge in [0.15, 0.2) is 0 Å². The number of rotatable bonds is 5. The average Bonchev–Trinajstić information content (AvgIpc) is 2.62. The summed E-state index contributed by atoms with van der Waals surface area (Å²) in [6.45, 7) is 5.14. The Labute approximate surface area is 148 Å². The highest BCUT2D eigenvalue weighted by molar-refractivity contribution is 5.46. The van der Waals surface area contributed by atoms with Crippen molar-refractivity contribution >= 4 is 5.69 Å². The van der Waals surface area contributed by atoms with Crippen LogP contribution < -0.4 is 15.4 Å². The van der Waals surface area contributed by atoms with Gasteiger partial charge in [-0.2, -0.15) is 5.26 Å². The fourth-order valence-corrected chi connectivity index (χ4v) is 3.08. The van der Waals surface area contributed by atoms with E-state index in [4.69, 9.17) is 10.00 Å². The summed E-state index contributed by atoms with van der Waals surface area (Å²) in [4.78, 5) is 0. The lowest BCUT2D eigenvalue weighted by Crippen LogP contribution is -2.53. The number of fused-ring (bicyclic) bond motifs is 1. The largest absolute Gasteiger partial charge is 0.485 e. The first-order valence-corrected chi connectivity index (χ1v) is 8.45. The summed E-state index contributed by atoms with van der Waals surface area (Å²) in [7, 11) is 0. The molecule has 0 saturated heterocycles. The van der Waals surface area contributed by atoms with Gasteiger partial charge in [0.25, 0.3) is 0 Å². The molecule has 0 bridgehead atoms. The molecule has 0 fully saturated rings. The zero-order chi connectivity index (χ0) is 17.9. The minimum atomic E-state index is -0.717. The third kappa shape index (κ3) is 3.76. The number of nitrogens with zero attached hydrogens (tertiary/aromatic N) is 1. The molecule has 3 rings (SSSR count). The first kappa shape index (κ1) is 17.3. The number of anilines is 1. The average molecular weight is 337 g/mol. The van der Waals surface area contributed by atoms with Gasteiger partial charge in [-0.15, -0.1) is 0 Å². The van der Waals surface area contributed by atoms with Gasteiger partial charge in [0.05, 0.1) is 17.7 Å². The van der Waals surface area contributed by atoms with E-state index in [0.29, 0.717) is 17.9 Å². The molecule has 2 aromatic carbocycles. The summed E-state index contributed by atoms with van der Waals surface area (Å²) in [5.74, 6) is 0.711. The Bertz CT molecular complexity index is 768. The van der Waals surface area contributed by atoms with Crippen molar-refractivity contribution in [2.24, 2.45) is 0 Å². The molecule has 5 nitrogen and oxygen atoms in total. The van der Waals surface area contributed by atoms with Crippen LogP contribution in [-0.4, -0.2) is 29.9 Å². The molecule has 1 aliphatic heterocycles. The van der Waals surface area contributed by atoms with Gasteiger partial charge in [0, 0.05) is 24.3 Å². The van der Waals surface area contributed by atoms with Crippen LogP contribution in [0.5, 0.6) is 5.75 Å². The number of hydrogen-bond acceptors (Lipinski definition) is 5. The Morgan fingerprint density at radius 3 is 2.64 bits per heavy atom. The van der Waals surface area contributed by atoms with E-state index in [2.05, 4.69) is 16.7 Å². The summed E-state index contributed by atoms with van der Waals surface area (Å²) in [6, 6.07) is 17.2. The van der Waals surface area contributed by atoms with Crippen LogP contribution in [0.2, 0.25) is 0 Å². The van der Waals surface area contributed by atoms with Gasteiger partial charge in [0.1, 0.15) is 17.5 Å². The van der Waals surface area contributed by atoms with Gasteiger partial charge in [-0.25, -0.2) is 0 Å². The van der Waals surface area contributed by atoms with Crippen LogP contribution in [0.4, 0.5) is 5.69 Å². The number of nitriles is 1. The molecule has 0 aromatic heterocycles. The van der Waals surface area contributed by atoms with Crippen LogP contribution in [0.1, 0.15) is 31.0 Å². The predicted molar refractivity (Wildman–Crippen MR) is 97.5 cm³/mol. The predicted octanol–water partition coefficient (Wildman–Crippen LogP) is 2.83. The molecule has 0 saturated carbocycles. The van der Waals surface area contributed by atoms with Crippen LogP contribution in [0, 0.1) is 11.3 Å². The van der Waals surface area contributed by atoms with Crippen molar-refractivity contribution in [3.63, 3.8) is 0 Å². The SMILES string of the molecule is CC1(C)Oc2ccc(C#N)cc2[C@@H](NCCNc2ccccc2)[C@@H]1O. The first-order chi connectivity index (χ1) is 12.0. The summed E-state index contributed by atoms with van der Waals surface area (Å²) >= 11 is 0. The van der Waals surface area contributed by atoms with Gasteiger partial charge >= 0.3 is 0 Å². The molecule has 25 heavy (non-hydrogen) atoms. The normalized spacial score (nSPS) is 20.9. The molecule has 3 N–H and O–H groups in total. The summed E-state index contributed by atoms with van der Waals surface area (Å²) < 4.78 is 5.92. The molecule has 0 aliphatic carbocycles. The minimum Gasteiger partial charge on any atom is -0.485 e. The van der Waals surface area contributed by atoms with Crippen molar-refractivity contribution in [3.8, 4) is 11.8 Å². The molecule has 130 valence electrons. The highest BCUT2D eigenvalue weighted by atomic mass is 16.5. The molecule has 2 atom stereocenters. The van der Waals surface area contributed by atoms with E-state index in [9.17, 15) is 5.11 Å². The fraction of sp³-hybridized carbons (Fsp3) is 0.350. The third-order valence-corrected chi connectivity index (χ3v) is 4.47. The van der Waals surface area contributed by atoms with Crippen LogP contribution in [-0.2, 0) is 0 Å². The molecule has 0 spiro atoms. The van der Waals surface area contributed by atoms with E-state index >= 15 is 0 Å². The van der Waals surface area contributed by atoms with Gasteiger partial charge in [-0.05, 0) is 44.2 Å². The second kappa shape index (κ2) is 7.14. The zero-order valence-electron chi connectivity index (χ0n) is 14.5. The molecular weight excluding hydrogens is 314 g/mol. The number of aliphatic hydroxyl groups is 1. The van der Waals surface area contributed by atoms with E-state index in [-0.39, 0.29) is 6.04 Å². The Kier molecular flexibility index (Phi) is 4.93. The van der Waals surface area contributed by atoms with Crippen LogP contribution in [0.15, 0.2) is 48.5 Å². The monoisotopic (exact) mass is 337 g/mol. The van der Waals surface area contributed by atoms with Crippen molar-refractivity contribution in [2.45, 2.75) is 31.6 Å². The van der Waals surface area contributed by atoms with Crippen molar-refractivity contribution in [3.05, 3.63) is 59.7 Å². The molecular formula is C20H23N3O2. The lowest BCUT2D eigenvalue weighted by atomic mass is 9.86. The van der Waals surface area contributed by atoms with E-state index < -0.39 is 11.7 Å². The number of hydrogen-bond donors (Lipinski definition) is 3.